The summed E-state index contributed by atoms with van der Waals surface area (Å²) in [6, 6.07) is 13.6. The van der Waals surface area contributed by atoms with Crippen LogP contribution < -0.4 is 16.0 Å². The topological polar surface area (TPSA) is 91.5 Å². The lowest BCUT2D eigenvalue weighted by Gasteiger charge is -2.11. The van der Waals surface area contributed by atoms with Crippen molar-refractivity contribution in [2.45, 2.75) is 12.8 Å². The van der Waals surface area contributed by atoms with Gasteiger partial charge in [0, 0.05) is 44.7 Å². The molecule has 1 aromatic heterocycles. The smallest absolute Gasteiger partial charge is 0.251 e. The number of amides is 1. The van der Waals surface area contributed by atoms with Crippen LogP contribution in [0.25, 0.3) is 11.5 Å². The number of nitrogens with one attached hydrogen (secondary N) is 3. The molecular weight excluding hydrogens is 397 g/mol. The molecule has 0 aliphatic rings. The molecule has 1 amide bonds. The number of hydrogen-bond acceptors (Lipinski definition) is 4. The maximum absolute atomic E-state index is 13.0. The lowest BCUT2D eigenvalue weighted by Crippen LogP contribution is -2.39. The van der Waals surface area contributed by atoms with Gasteiger partial charge in [-0.25, -0.2) is 9.37 Å². The van der Waals surface area contributed by atoms with E-state index in [1.165, 1.54) is 12.1 Å². The highest BCUT2D eigenvalue weighted by molar-refractivity contribution is 5.94. The second-order valence-electron chi connectivity index (χ2n) is 6.86. The maximum Gasteiger partial charge on any atom is 0.251 e. The van der Waals surface area contributed by atoms with Crippen molar-refractivity contribution >= 4 is 11.9 Å². The highest BCUT2D eigenvalue weighted by Crippen LogP contribution is 2.19. The molecule has 0 saturated heterocycles. The number of carbonyl (C=O) groups is 1. The molecule has 3 N–H and O–H groups in total. The predicted molar refractivity (Wildman–Crippen MR) is 119 cm³/mol. The fourth-order valence-electron chi connectivity index (χ4n) is 3.01. The van der Waals surface area contributed by atoms with E-state index in [0.29, 0.717) is 36.9 Å². The number of carbonyl (C=O) groups excluding carboxylic acids is 1. The van der Waals surface area contributed by atoms with E-state index in [-0.39, 0.29) is 11.7 Å². The highest BCUT2D eigenvalue weighted by Gasteiger charge is 2.08. The largest absolute Gasteiger partial charge is 0.444 e. The van der Waals surface area contributed by atoms with Crippen LogP contribution >= 0.6 is 0 Å². The number of aliphatic imine (C=N–C) groups is 1. The van der Waals surface area contributed by atoms with Gasteiger partial charge in [-0.2, -0.15) is 0 Å². The number of guanidine groups is 1. The third-order valence-corrected chi connectivity index (χ3v) is 4.66. The van der Waals surface area contributed by atoms with E-state index in [2.05, 4.69) is 25.9 Å². The Kier molecular flexibility index (Phi) is 7.75. The molecule has 8 heteroatoms. The van der Waals surface area contributed by atoms with Crippen molar-refractivity contribution < 1.29 is 13.6 Å². The Morgan fingerprint density at radius 3 is 2.55 bits per heavy atom. The van der Waals surface area contributed by atoms with Crippen LogP contribution in [0.2, 0.25) is 0 Å². The van der Waals surface area contributed by atoms with Gasteiger partial charge in [0.25, 0.3) is 5.91 Å². The van der Waals surface area contributed by atoms with Crippen molar-refractivity contribution in [1.82, 2.24) is 20.9 Å². The van der Waals surface area contributed by atoms with Gasteiger partial charge in [-0.05, 0) is 48.4 Å². The summed E-state index contributed by atoms with van der Waals surface area (Å²) < 4.78 is 18.5. The van der Waals surface area contributed by atoms with Crippen LogP contribution in [-0.4, -0.2) is 44.0 Å². The molecule has 2 aromatic carbocycles. The molecule has 0 aliphatic carbocycles. The second-order valence-corrected chi connectivity index (χ2v) is 6.86. The standard InChI is InChI=1S/C23H26FN5O2/c1-25-21(30)18-5-3-4-16(14-18)10-12-27-23(26-2)28-13-11-20-15-31-22(29-20)17-6-8-19(24)9-7-17/h3-9,14-15H,10-13H2,1-2H3,(H,25,30)(H2,26,27,28). The maximum atomic E-state index is 13.0. The van der Waals surface area contributed by atoms with Crippen molar-refractivity contribution in [1.29, 1.82) is 0 Å². The quantitative estimate of drug-likeness (QED) is 0.383. The average Bonchev–Trinajstić information content (AvgIpc) is 3.27. The second kappa shape index (κ2) is 10.9. The van der Waals surface area contributed by atoms with Crippen LogP contribution in [0, 0.1) is 5.82 Å². The van der Waals surface area contributed by atoms with Crippen molar-refractivity contribution in [3.8, 4) is 11.5 Å². The van der Waals surface area contributed by atoms with Crippen LogP contribution in [0.3, 0.4) is 0 Å². The van der Waals surface area contributed by atoms with Crippen molar-refractivity contribution in [2.75, 3.05) is 27.2 Å². The molecule has 31 heavy (non-hydrogen) atoms. The minimum atomic E-state index is -0.294. The average molecular weight is 423 g/mol. The minimum Gasteiger partial charge on any atom is -0.444 e. The van der Waals surface area contributed by atoms with E-state index < -0.39 is 0 Å². The summed E-state index contributed by atoms with van der Waals surface area (Å²) >= 11 is 0. The molecule has 0 bridgehead atoms. The van der Waals surface area contributed by atoms with E-state index in [1.807, 2.05) is 18.2 Å². The van der Waals surface area contributed by atoms with Crippen LogP contribution in [0.15, 0.2) is 64.2 Å². The molecule has 0 atom stereocenters. The molecule has 0 unspecified atom stereocenters. The van der Waals surface area contributed by atoms with E-state index in [9.17, 15) is 9.18 Å². The third kappa shape index (κ3) is 6.40. The van der Waals surface area contributed by atoms with Crippen LogP contribution in [-0.2, 0) is 12.8 Å². The van der Waals surface area contributed by atoms with Crippen molar-refractivity contribution in [3.05, 3.63) is 77.4 Å². The van der Waals surface area contributed by atoms with Crippen molar-refractivity contribution in [3.63, 3.8) is 0 Å². The lowest BCUT2D eigenvalue weighted by atomic mass is 10.1. The van der Waals surface area contributed by atoms with E-state index in [1.54, 1.807) is 38.6 Å². The molecule has 0 radical (unpaired) electrons. The number of oxazole rings is 1. The fraction of sp³-hybridized carbons (Fsp3) is 0.261. The molecule has 0 spiro atoms. The number of benzene rings is 2. The number of halogens is 1. The van der Waals surface area contributed by atoms with Gasteiger partial charge in [-0.3, -0.25) is 9.79 Å². The summed E-state index contributed by atoms with van der Waals surface area (Å²) in [5.74, 6) is 0.765. The molecule has 162 valence electrons. The van der Waals surface area contributed by atoms with Crippen LogP contribution in [0.4, 0.5) is 4.39 Å². The Bertz CT molecular complexity index is 1030. The zero-order chi connectivity index (χ0) is 22.1. The van der Waals surface area contributed by atoms with Crippen molar-refractivity contribution in [2.24, 2.45) is 4.99 Å². The SMILES string of the molecule is CN=C(NCCc1cccc(C(=O)NC)c1)NCCc1coc(-c2ccc(F)cc2)n1. The molecule has 3 rings (SSSR count). The Balaban J connectivity index is 1.43. The van der Waals surface area contributed by atoms with Gasteiger partial charge in [-0.1, -0.05) is 12.1 Å². The molecule has 0 saturated carbocycles. The third-order valence-electron chi connectivity index (χ3n) is 4.66. The summed E-state index contributed by atoms with van der Waals surface area (Å²) in [4.78, 5) is 20.4. The van der Waals surface area contributed by atoms with Gasteiger partial charge in [0.1, 0.15) is 12.1 Å². The Hall–Kier alpha value is -3.68. The molecule has 7 nitrogen and oxygen atoms in total. The summed E-state index contributed by atoms with van der Waals surface area (Å²) in [6.45, 7) is 1.30. The van der Waals surface area contributed by atoms with Gasteiger partial charge in [0.2, 0.25) is 5.89 Å². The first-order chi connectivity index (χ1) is 15.1. The first-order valence-corrected chi connectivity index (χ1v) is 10.0. The Morgan fingerprint density at radius 2 is 1.84 bits per heavy atom. The van der Waals surface area contributed by atoms with Crippen LogP contribution in [0.5, 0.6) is 0 Å². The van der Waals surface area contributed by atoms with E-state index in [4.69, 9.17) is 4.42 Å². The molecule has 3 aromatic rings. The number of hydrogen-bond donors (Lipinski definition) is 3. The number of aromatic nitrogens is 1. The minimum absolute atomic E-state index is 0.0947. The predicted octanol–water partition coefficient (Wildman–Crippen LogP) is 2.79. The monoisotopic (exact) mass is 423 g/mol. The van der Waals surface area contributed by atoms with Crippen LogP contribution in [0.1, 0.15) is 21.6 Å². The lowest BCUT2D eigenvalue weighted by molar-refractivity contribution is 0.0963. The number of rotatable bonds is 8. The van der Waals surface area contributed by atoms with E-state index in [0.717, 1.165) is 23.2 Å². The molecule has 1 heterocycles. The highest BCUT2D eigenvalue weighted by atomic mass is 19.1. The van der Waals surface area contributed by atoms with Gasteiger partial charge in [0.05, 0.1) is 5.69 Å². The van der Waals surface area contributed by atoms with Gasteiger partial charge < -0.3 is 20.4 Å². The molecular formula is C23H26FN5O2. The van der Waals surface area contributed by atoms with Gasteiger partial charge in [0.15, 0.2) is 5.96 Å². The van der Waals surface area contributed by atoms with Gasteiger partial charge in [-0.15, -0.1) is 0 Å². The summed E-state index contributed by atoms with van der Waals surface area (Å²) in [6.07, 6.45) is 3.02. The van der Waals surface area contributed by atoms with E-state index >= 15 is 0 Å². The Morgan fingerprint density at radius 1 is 1.10 bits per heavy atom. The first kappa shape index (κ1) is 22.0. The fourth-order valence-corrected chi connectivity index (χ4v) is 3.01. The van der Waals surface area contributed by atoms with Gasteiger partial charge >= 0.3 is 0 Å². The molecule has 0 aliphatic heterocycles. The summed E-state index contributed by atoms with van der Waals surface area (Å²) in [7, 11) is 3.33. The summed E-state index contributed by atoms with van der Waals surface area (Å²) in [5.41, 5.74) is 3.25. The number of nitrogens with zero attached hydrogens (tertiary/aromatic N) is 2. The summed E-state index contributed by atoms with van der Waals surface area (Å²) in [5, 5.41) is 9.14. The zero-order valence-electron chi connectivity index (χ0n) is 17.6. The molecule has 0 fully saturated rings. The first-order valence-electron chi connectivity index (χ1n) is 10.0. The Labute approximate surface area is 180 Å². The zero-order valence-corrected chi connectivity index (χ0v) is 17.6. The normalized spacial score (nSPS) is 11.3.